The zero-order valence-electron chi connectivity index (χ0n) is 8.90. The minimum absolute atomic E-state index is 0.693. The van der Waals surface area contributed by atoms with Gasteiger partial charge in [-0.25, -0.2) is 0 Å². The normalized spacial score (nSPS) is 10.8. The number of hydrogen-bond acceptors (Lipinski definition) is 4. The Bertz CT molecular complexity index is 419. The maximum Gasteiger partial charge on any atom is 0.146 e. The van der Waals surface area contributed by atoms with Gasteiger partial charge >= 0.3 is 0 Å². The molecule has 1 N–H and O–H groups in total. The lowest BCUT2D eigenvalue weighted by Crippen LogP contribution is -2.15. The number of aryl methyl sites for hydroxylation is 1. The number of aromatic nitrogens is 3. The summed E-state index contributed by atoms with van der Waals surface area (Å²) in [7, 11) is 1.96. The van der Waals surface area contributed by atoms with Crippen molar-refractivity contribution in [1.82, 2.24) is 20.1 Å². The third-order valence-corrected chi connectivity index (χ3v) is 2.35. The summed E-state index contributed by atoms with van der Waals surface area (Å²) < 4.78 is 7.17. The van der Waals surface area contributed by atoms with Gasteiger partial charge in [-0.3, -0.25) is 0 Å². The molecule has 0 aliphatic rings. The van der Waals surface area contributed by atoms with Crippen molar-refractivity contribution in [3.63, 3.8) is 0 Å². The smallest absolute Gasteiger partial charge is 0.146 e. The molecule has 0 aromatic carbocycles. The van der Waals surface area contributed by atoms with E-state index in [1.54, 1.807) is 6.26 Å². The highest BCUT2D eigenvalue weighted by Crippen LogP contribution is 2.00. The van der Waals surface area contributed by atoms with E-state index in [0.29, 0.717) is 13.1 Å². The summed E-state index contributed by atoms with van der Waals surface area (Å²) >= 11 is 0. The van der Waals surface area contributed by atoms with Crippen LogP contribution < -0.4 is 5.32 Å². The maximum absolute atomic E-state index is 5.20. The second-order valence-electron chi connectivity index (χ2n) is 3.41. The van der Waals surface area contributed by atoms with E-state index in [4.69, 9.17) is 4.42 Å². The molecule has 0 fully saturated rings. The summed E-state index contributed by atoms with van der Waals surface area (Å²) in [6.45, 7) is 3.33. The lowest BCUT2D eigenvalue weighted by Gasteiger charge is -2.02. The van der Waals surface area contributed by atoms with Gasteiger partial charge in [-0.15, -0.1) is 10.2 Å². The molecule has 0 aliphatic heterocycles. The summed E-state index contributed by atoms with van der Waals surface area (Å²) in [6.07, 6.45) is 1.67. The summed E-state index contributed by atoms with van der Waals surface area (Å²) in [5, 5.41) is 11.3. The molecular weight excluding hydrogens is 192 g/mol. The van der Waals surface area contributed by atoms with Crippen LogP contribution in [0.3, 0.4) is 0 Å². The molecule has 15 heavy (non-hydrogen) atoms. The molecule has 0 unspecified atom stereocenters. The number of furan rings is 1. The minimum atomic E-state index is 0.693. The van der Waals surface area contributed by atoms with Crippen LogP contribution >= 0.6 is 0 Å². The molecule has 5 heteroatoms. The fourth-order valence-corrected chi connectivity index (χ4v) is 1.32. The van der Waals surface area contributed by atoms with E-state index < -0.39 is 0 Å². The minimum Gasteiger partial charge on any atom is -0.468 e. The molecule has 0 aliphatic carbocycles. The van der Waals surface area contributed by atoms with Crippen LogP contribution in [-0.2, 0) is 20.1 Å². The first-order valence-electron chi connectivity index (χ1n) is 4.85. The van der Waals surface area contributed by atoms with E-state index in [1.807, 2.05) is 30.7 Å². The SMILES string of the molecule is Cc1nnc(CNCc2ccco2)n1C. The van der Waals surface area contributed by atoms with Crippen LogP contribution in [0.2, 0.25) is 0 Å². The monoisotopic (exact) mass is 206 g/mol. The molecule has 2 aromatic heterocycles. The molecule has 0 bridgehead atoms. The second kappa shape index (κ2) is 4.27. The number of nitrogens with zero attached hydrogens (tertiary/aromatic N) is 3. The van der Waals surface area contributed by atoms with Gasteiger partial charge in [0.2, 0.25) is 0 Å². The molecule has 0 atom stereocenters. The van der Waals surface area contributed by atoms with Gasteiger partial charge in [0.25, 0.3) is 0 Å². The van der Waals surface area contributed by atoms with Crippen LogP contribution in [-0.4, -0.2) is 14.8 Å². The number of rotatable bonds is 4. The second-order valence-corrected chi connectivity index (χ2v) is 3.41. The predicted octanol–water partition coefficient (Wildman–Crippen LogP) is 1.01. The van der Waals surface area contributed by atoms with Crippen LogP contribution in [0.1, 0.15) is 17.4 Å². The zero-order valence-corrected chi connectivity index (χ0v) is 8.90. The van der Waals surface area contributed by atoms with Crippen molar-refractivity contribution >= 4 is 0 Å². The highest BCUT2D eigenvalue weighted by atomic mass is 16.3. The van der Waals surface area contributed by atoms with Crippen molar-refractivity contribution in [2.45, 2.75) is 20.0 Å². The first-order chi connectivity index (χ1) is 7.27. The van der Waals surface area contributed by atoms with E-state index >= 15 is 0 Å². The van der Waals surface area contributed by atoms with E-state index in [0.717, 1.165) is 17.4 Å². The van der Waals surface area contributed by atoms with Crippen LogP contribution in [0.15, 0.2) is 22.8 Å². The Hall–Kier alpha value is -1.62. The van der Waals surface area contributed by atoms with Gasteiger partial charge in [0.15, 0.2) is 0 Å². The molecular formula is C10H14N4O. The third kappa shape index (κ3) is 2.24. The summed E-state index contributed by atoms with van der Waals surface area (Å²) in [5.74, 6) is 2.78. The van der Waals surface area contributed by atoms with Crippen molar-refractivity contribution in [1.29, 1.82) is 0 Å². The standard InChI is InChI=1S/C10H14N4O/c1-8-12-13-10(14(8)2)7-11-6-9-4-3-5-15-9/h3-5,11H,6-7H2,1-2H3. The summed E-state index contributed by atoms with van der Waals surface area (Å²) in [5.41, 5.74) is 0. The molecule has 0 amide bonds. The summed E-state index contributed by atoms with van der Waals surface area (Å²) in [4.78, 5) is 0. The van der Waals surface area contributed by atoms with Gasteiger partial charge in [-0.05, 0) is 19.1 Å². The van der Waals surface area contributed by atoms with Gasteiger partial charge in [-0.1, -0.05) is 0 Å². The molecule has 0 spiro atoms. The van der Waals surface area contributed by atoms with Crippen molar-refractivity contribution in [2.24, 2.45) is 7.05 Å². The lowest BCUT2D eigenvalue weighted by molar-refractivity contribution is 0.478. The number of hydrogen-bond donors (Lipinski definition) is 1. The quantitative estimate of drug-likeness (QED) is 0.811. The zero-order chi connectivity index (χ0) is 10.7. The Morgan fingerprint density at radius 2 is 2.27 bits per heavy atom. The van der Waals surface area contributed by atoms with E-state index in [2.05, 4.69) is 15.5 Å². The molecule has 2 rings (SSSR count). The Kier molecular flexibility index (Phi) is 2.82. The van der Waals surface area contributed by atoms with E-state index in [-0.39, 0.29) is 0 Å². The average Bonchev–Trinajstić information content (AvgIpc) is 2.83. The van der Waals surface area contributed by atoms with Crippen molar-refractivity contribution in [2.75, 3.05) is 0 Å². The highest BCUT2D eigenvalue weighted by molar-refractivity contribution is 4.98. The van der Waals surface area contributed by atoms with Crippen LogP contribution in [0.4, 0.5) is 0 Å². The van der Waals surface area contributed by atoms with Crippen LogP contribution in [0, 0.1) is 6.92 Å². The molecule has 80 valence electrons. The Morgan fingerprint density at radius 1 is 1.40 bits per heavy atom. The van der Waals surface area contributed by atoms with Gasteiger partial charge in [0, 0.05) is 7.05 Å². The fourth-order valence-electron chi connectivity index (χ4n) is 1.32. The molecule has 2 heterocycles. The summed E-state index contributed by atoms with van der Waals surface area (Å²) in [6, 6.07) is 3.82. The van der Waals surface area contributed by atoms with Gasteiger partial charge in [0.05, 0.1) is 19.4 Å². The largest absolute Gasteiger partial charge is 0.468 e. The Morgan fingerprint density at radius 3 is 2.87 bits per heavy atom. The molecule has 5 nitrogen and oxygen atoms in total. The van der Waals surface area contributed by atoms with Crippen molar-refractivity contribution < 1.29 is 4.42 Å². The van der Waals surface area contributed by atoms with E-state index in [1.165, 1.54) is 0 Å². The maximum atomic E-state index is 5.20. The third-order valence-electron chi connectivity index (χ3n) is 2.35. The Balaban J connectivity index is 1.86. The Labute approximate surface area is 88.1 Å². The molecule has 0 saturated heterocycles. The first-order valence-corrected chi connectivity index (χ1v) is 4.85. The van der Waals surface area contributed by atoms with Crippen molar-refractivity contribution in [3.8, 4) is 0 Å². The highest BCUT2D eigenvalue weighted by Gasteiger charge is 2.03. The molecule has 0 saturated carbocycles. The van der Waals surface area contributed by atoms with Gasteiger partial charge in [0.1, 0.15) is 17.4 Å². The van der Waals surface area contributed by atoms with Gasteiger partial charge in [-0.2, -0.15) is 0 Å². The lowest BCUT2D eigenvalue weighted by atomic mass is 10.4. The van der Waals surface area contributed by atoms with E-state index in [9.17, 15) is 0 Å². The predicted molar refractivity (Wildman–Crippen MR) is 55.0 cm³/mol. The average molecular weight is 206 g/mol. The molecule has 0 radical (unpaired) electrons. The van der Waals surface area contributed by atoms with Crippen LogP contribution in [0.5, 0.6) is 0 Å². The fraction of sp³-hybridized carbons (Fsp3) is 0.400. The topological polar surface area (TPSA) is 55.9 Å². The van der Waals surface area contributed by atoms with Gasteiger partial charge < -0.3 is 14.3 Å². The molecule has 2 aromatic rings. The van der Waals surface area contributed by atoms with Crippen molar-refractivity contribution in [3.05, 3.63) is 35.8 Å². The first kappa shape index (κ1) is 9.92. The van der Waals surface area contributed by atoms with Crippen LogP contribution in [0.25, 0.3) is 0 Å². The number of nitrogens with one attached hydrogen (secondary N) is 1.